The number of piperidine rings is 1. The zero-order valence-corrected chi connectivity index (χ0v) is 14.9. The Kier molecular flexibility index (Phi) is 5.21. The molecule has 1 saturated heterocycles. The van der Waals surface area contributed by atoms with Crippen molar-refractivity contribution in [3.8, 4) is 5.69 Å². The average molecular weight is 347 g/mol. The van der Waals surface area contributed by atoms with Gasteiger partial charge in [0.2, 0.25) is 0 Å². The lowest BCUT2D eigenvalue weighted by Gasteiger charge is -2.32. The van der Waals surface area contributed by atoms with Crippen molar-refractivity contribution < 1.29 is 0 Å². The molecule has 0 unspecified atom stereocenters. The van der Waals surface area contributed by atoms with Gasteiger partial charge in [-0.1, -0.05) is 29.8 Å². The Morgan fingerprint density at radius 1 is 1.25 bits per heavy atom. The second-order valence-electron chi connectivity index (χ2n) is 6.52. The molecule has 0 amide bonds. The Hall–Kier alpha value is -1.85. The molecule has 2 aromatic rings. The van der Waals surface area contributed by atoms with E-state index in [1.165, 1.54) is 17.5 Å². The summed E-state index contributed by atoms with van der Waals surface area (Å²) in [6.07, 6.45) is 4.03. The van der Waals surface area contributed by atoms with Gasteiger partial charge < -0.3 is 9.80 Å². The summed E-state index contributed by atoms with van der Waals surface area (Å²) in [5.41, 5.74) is 1.14. The number of benzene rings is 1. The minimum absolute atomic E-state index is 0.226. The number of hydrogen-bond donors (Lipinski definition) is 0. The number of rotatable bonds is 4. The number of likely N-dealkylation sites (tertiary alicyclic amines) is 1. The van der Waals surface area contributed by atoms with Crippen LogP contribution >= 0.6 is 11.6 Å². The normalized spacial score (nSPS) is 16.3. The third-order valence-electron chi connectivity index (χ3n) is 4.68. The van der Waals surface area contributed by atoms with Crippen LogP contribution in [0.5, 0.6) is 0 Å². The van der Waals surface area contributed by atoms with Crippen LogP contribution in [0.2, 0.25) is 5.02 Å². The summed E-state index contributed by atoms with van der Waals surface area (Å²) in [6.45, 7) is 3.14. The summed E-state index contributed by atoms with van der Waals surface area (Å²) in [6, 6.07) is 9.33. The van der Waals surface area contributed by atoms with Crippen LogP contribution in [0.3, 0.4) is 0 Å². The standard InChI is InChI=1S/C18H23ClN4O/c1-21-10-8-14(9-11-21)13-22(2)16-12-20-23(18(24)17(16)19)15-6-4-3-5-7-15/h3-7,12,14H,8-11,13H2,1-2H3. The maximum atomic E-state index is 12.6. The van der Waals surface area contributed by atoms with Crippen LogP contribution in [0.4, 0.5) is 5.69 Å². The molecule has 1 aliphatic heterocycles. The van der Waals surface area contributed by atoms with Gasteiger partial charge in [0.25, 0.3) is 5.56 Å². The quantitative estimate of drug-likeness (QED) is 0.853. The molecule has 1 aromatic carbocycles. The third-order valence-corrected chi connectivity index (χ3v) is 5.04. The number of anilines is 1. The van der Waals surface area contributed by atoms with Crippen LogP contribution in [-0.4, -0.2) is 48.4 Å². The van der Waals surface area contributed by atoms with Crippen molar-refractivity contribution in [2.45, 2.75) is 12.8 Å². The van der Waals surface area contributed by atoms with Crippen LogP contribution in [-0.2, 0) is 0 Å². The van der Waals surface area contributed by atoms with E-state index in [1.54, 1.807) is 6.20 Å². The van der Waals surface area contributed by atoms with Crippen molar-refractivity contribution >= 4 is 17.3 Å². The highest BCUT2D eigenvalue weighted by atomic mass is 35.5. The Bertz CT molecular complexity index is 738. The van der Waals surface area contributed by atoms with Gasteiger partial charge in [0.05, 0.1) is 17.6 Å². The highest BCUT2D eigenvalue weighted by Crippen LogP contribution is 2.24. The Labute approximate surface area is 147 Å². The molecule has 5 nitrogen and oxygen atoms in total. The summed E-state index contributed by atoms with van der Waals surface area (Å²) in [4.78, 5) is 17.0. The van der Waals surface area contributed by atoms with Gasteiger partial charge in [-0.2, -0.15) is 9.78 Å². The second-order valence-corrected chi connectivity index (χ2v) is 6.90. The molecule has 0 saturated carbocycles. The maximum absolute atomic E-state index is 12.6. The second kappa shape index (κ2) is 7.36. The van der Waals surface area contributed by atoms with E-state index < -0.39 is 0 Å². The number of para-hydroxylation sites is 1. The summed E-state index contributed by atoms with van der Waals surface area (Å²) >= 11 is 6.36. The molecular formula is C18H23ClN4O. The molecule has 2 heterocycles. The Morgan fingerprint density at radius 2 is 1.92 bits per heavy atom. The molecule has 128 valence electrons. The van der Waals surface area contributed by atoms with E-state index in [0.29, 0.717) is 17.3 Å². The predicted molar refractivity (Wildman–Crippen MR) is 98.3 cm³/mol. The zero-order valence-electron chi connectivity index (χ0n) is 14.2. The first-order valence-electron chi connectivity index (χ1n) is 8.29. The van der Waals surface area contributed by atoms with E-state index in [0.717, 1.165) is 19.6 Å². The molecule has 0 bridgehead atoms. The van der Waals surface area contributed by atoms with Gasteiger partial charge in [0.1, 0.15) is 5.02 Å². The summed E-state index contributed by atoms with van der Waals surface area (Å²) in [5, 5.41) is 4.53. The fourth-order valence-corrected chi connectivity index (χ4v) is 3.45. The SMILES string of the molecule is CN1CCC(CN(C)c2cnn(-c3ccccc3)c(=O)c2Cl)CC1. The van der Waals surface area contributed by atoms with Crippen molar-refractivity contribution in [1.82, 2.24) is 14.7 Å². The van der Waals surface area contributed by atoms with Crippen molar-refractivity contribution in [1.29, 1.82) is 0 Å². The fourth-order valence-electron chi connectivity index (χ4n) is 3.17. The average Bonchev–Trinajstić information content (AvgIpc) is 2.60. The lowest BCUT2D eigenvalue weighted by molar-refractivity contribution is 0.222. The summed E-state index contributed by atoms with van der Waals surface area (Å²) in [7, 11) is 4.14. The predicted octanol–water partition coefficient (Wildman–Crippen LogP) is 2.66. The summed E-state index contributed by atoms with van der Waals surface area (Å²) < 4.78 is 1.34. The highest BCUT2D eigenvalue weighted by molar-refractivity contribution is 6.33. The monoisotopic (exact) mass is 346 g/mol. The van der Waals surface area contributed by atoms with Gasteiger partial charge in [0.15, 0.2) is 0 Å². The van der Waals surface area contributed by atoms with E-state index in [1.807, 2.05) is 37.4 Å². The molecule has 6 heteroatoms. The van der Waals surface area contributed by atoms with Gasteiger partial charge in [0, 0.05) is 13.6 Å². The minimum Gasteiger partial charge on any atom is -0.372 e. The van der Waals surface area contributed by atoms with Crippen molar-refractivity contribution in [3.05, 3.63) is 51.9 Å². The van der Waals surface area contributed by atoms with Crippen LogP contribution < -0.4 is 10.5 Å². The molecule has 0 aliphatic carbocycles. The first-order chi connectivity index (χ1) is 11.6. The first-order valence-corrected chi connectivity index (χ1v) is 8.67. The Balaban J connectivity index is 1.79. The lowest BCUT2D eigenvalue weighted by Crippen LogP contribution is -2.36. The van der Waals surface area contributed by atoms with E-state index in [9.17, 15) is 4.79 Å². The van der Waals surface area contributed by atoms with Gasteiger partial charge in [-0.25, -0.2) is 0 Å². The molecule has 0 spiro atoms. The molecule has 0 radical (unpaired) electrons. The molecule has 1 aliphatic rings. The third kappa shape index (κ3) is 3.62. The number of hydrogen-bond acceptors (Lipinski definition) is 4. The Morgan fingerprint density at radius 3 is 2.58 bits per heavy atom. The van der Waals surface area contributed by atoms with E-state index in [2.05, 4.69) is 21.9 Å². The molecule has 24 heavy (non-hydrogen) atoms. The first kappa shape index (κ1) is 17.0. The van der Waals surface area contributed by atoms with Gasteiger partial charge >= 0.3 is 0 Å². The van der Waals surface area contributed by atoms with Crippen molar-refractivity contribution in [2.75, 3.05) is 38.6 Å². The van der Waals surface area contributed by atoms with Crippen LogP contribution in [0, 0.1) is 5.92 Å². The van der Waals surface area contributed by atoms with E-state index in [-0.39, 0.29) is 10.6 Å². The fraction of sp³-hybridized carbons (Fsp3) is 0.444. The molecule has 1 fully saturated rings. The van der Waals surface area contributed by atoms with E-state index >= 15 is 0 Å². The molecule has 1 aromatic heterocycles. The van der Waals surface area contributed by atoms with Gasteiger partial charge in [-0.3, -0.25) is 4.79 Å². The highest BCUT2D eigenvalue weighted by Gasteiger charge is 2.20. The smallest absolute Gasteiger partial charge is 0.292 e. The van der Waals surface area contributed by atoms with Gasteiger partial charge in [-0.05, 0) is 51.0 Å². The largest absolute Gasteiger partial charge is 0.372 e. The lowest BCUT2D eigenvalue weighted by atomic mass is 9.96. The molecule has 0 N–H and O–H groups in total. The van der Waals surface area contributed by atoms with Crippen LogP contribution in [0.15, 0.2) is 41.3 Å². The summed E-state index contributed by atoms with van der Waals surface area (Å²) in [5.74, 6) is 0.624. The van der Waals surface area contributed by atoms with Crippen molar-refractivity contribution in [3.63, 3.8) is 0 Å². The zero-order chi connectivity index (χ0) is 17.1. The number of halogens is 1. The molecule has 0 atom stereocenters. The minimum atomic E-state index is -0.282. The maximum Gasteiger partial charge on any atom is 0.292 e. The van der Waals surface area contributed by atoms with E-state index in [4.69, 9.17) is 11.6 Å². The molecule has 3 rings (SSSR count). The number of aromatic nitrogens is 2. The van der Waals surface area contributed by atoms with Crippen LogP contribution in [0.25, 0.3) is 5.69 Å². The molecular weight excluding hydrogens is 324 g/mol. The van der Waals surface area contributed by atoms with Gasteiger partial charge in [-0.15, -0.1) is 0 Å². The topological polar surface area (TPSA) is 41.4 Å². The number of nitrogens with zero attached hydrogens (tertiary/aromatic N) is 4. The van der Waals surface area contributed by atoms with Crippen LogP contribution in [0.1, 0.15) is 12.8 Å². The van der Waals surface area contributed by atoms with Crippen molar-refractivity contribution in [2.24, 2.45) is 5.92 Å².